The van der Waals surface area contributed by atoms with E-state index in [1.807, 2.05) is 184 Å². The lowest BCUT2D eigenvalue weighted by Crippen LogP contribution is -2.69. The summed E-state index contributed by atoms with van der Waals surface area (Å²) < 4.78 is 47.0. The number of carbonyl (C=O) groups is 9. The van der Waals surface area contributed by atoms with Crippen molar-refractivity contribution in [3.63, 3.8) is 0 Å². The van der Waals surface area contributed by atoms with Gasteiger partial charge < -0.3 is 119 Å². The number of halogens is 3. The SMILES string of the molecule is CC(=O)CCc1ccc(C[C@H]([NH3+])C(=O)[O-])cc1.CCCc1ccc(C[C@H]([NH3+])C(=O)[O-])cc1N.COC(=O)C(Cc1ccccc1)NC(=O)CCc1ccc(C[C@H]([NH3+])C(=O)[O-])cc1.Cc1cc(C[C@H]([NH3+])C(=O)[O-])ccc1CCc1cnc[nH]1.Cc1ccc(CCc2c(F)cc(C[C@H]([NH3+])C(=O)[O-])cc2F)cc1.[NH3+][C@@H](Cc1ccc(CCc2ccccc2)c(F)c1)C(=O)[O-]. The minimum absolute atomic E-state index is 0.0170. The molecule has 29 heteroatoms. The van der Waals surface area contributed by atoms with Crippen LogP contribution in [0.2, 0.25) is 0 Å². The number of carbonyl (C=O) groups excluding carboxylic acids is 9. The number of aromatic nitrogens is 2. The molecular weight excluding hydrogens is 1620 g/mol. The molecule has 9 aromatic carbocycles. The quantitative estimate of drug-likeness (QED) is 0.0157. The zero-order chi connectivity index (χ0) is 93.0. The third-order valence-electron chi connectivity index (χ3n) is 20.4. The van der Waals surface area contributed by atoms with Gasteiger partial charge in [0.1, 0.15) is 65.5 Å². The van der Waals surface area contributed by atoms with E-state index in [-0.39, 0.29) is 54.3 Å². The van der Waals surface area contributed by atoms with E-state index >= 15 is 0 Å². The van der Waals surface area contributed by atoms with E-state index < -0.39 is 95.7 Å². The van der Waals surface area contributed by atoms with E-state index in [9.17, 15) is 87.0 Å². The van der Waals surface area contributed by atoms with Crippen LogP contribution < -0.4 is 76.1 Å². The van der Waals surface area contributed by atoms with E-state index in [0.29, 0.717) is 68.9 Å². The molecule has 10 aromatic rings. The van der Waals surface area contributed by atoms with Gasteiger partial charge in [0, 0.05) is 80.9 Å². The fraction of sp³-hybridized carbons (Fsp3) is 0.320. The lowest BCUT2D eigenvalue weighted by molar-refractivity contribution is -0.437. The van der Waals surface area contributed by atoms with Crippen molar-refractivity contribution in [1.82, 2.24) is 15.3 Å². The molecule has 1 amide bonds. The summed E-state index contributed by atoms with van der Waals surface area (Å²) in [5.41, 5.74) is 43.7. The number of benzene rings is 9. The first-order valence-corrected chi connectivity index (χ1v) is 41.5. The summed E-state index contributed by atoms with van der Waals surface area (Å²) in [6.45, 7) is 7.68. The number of anilines is 1. The Kier molecular flexibility index (Phi) is 44.8. The lowest BCUT2D eigenvalue weighted by atomic mass is 9.97. The Morgan fingerprint density at radius 3 is 1.20 bits per heavy atom. The molecule has 0 bridgehead atoms. The smallest absolute Gasteiger partial charge is 0.328 e. The number of nitrogens with zero attached hydrogens (tertiary/aromatic N) is 1. The number of rotatable bonds is 39. The minimum atomic E-state index is -1.34. The Labute approximate surface area is 732 Å². The maximum atomic E-state index is 14.1. The van der Waals surface area contributed by atoms with Crippen molar-refractivity contribution in [3.8, 4) is 0 Å². The van der Waals surface area contributed by atoms with Crippen molar-refractivity contribution in [1.29, 1.82) is 0 Å². The van der Waals surface area contributed by atoms with Gasteiger partial charge >= 0.3 is 5.97 Å². The van der Waals surface area contributed by atoms with Crippen molar-refractivity contribution >= 4 is 59.2 Å². The van der Waals surface area contributed by atoms with Crippen molar-refractivity contribution < 1.29 is 126 Å². The molecule has 0 spiro atoms. The molecule has 10 rings (SSSR count). The number of hydrogen-bond donors (Lipinski definition) is 9. The number of carboxylic acids is 6. The number of aryl methyl sites for hydroxylation is 10. The van der Waals surface area contributed by atoms with Gasteiger partial charge in [-0.2, -0.15) is 0 Å². The van der Waals surface area contributed by atoms with Crippen LogP contribution in [-0.4, -0.2) is 113 Å². The van der Waals surface area contributed by atoms with Crippen LogP contribution in [0.5, 0.6) is 0 Å². The van der Waals surface area contributed by atoms with E-state index in [2.05, 4.69) is 62.7 Å². The Bertz CT molecular complexity index is 5090. The first kappa shape index (κ1) is 104. The summed E-state index contributed by atoms with van der Waals surface area (Å²) in [4.78, 5) is 106. The highest BCUT2D eigenvalue weighted by molar-refractivity contribution is 5.85. The number of amides is 1. The molecule has 0 aliphatic carbocycles. The zero-order valence-corrected chi connectivity index (χ0v) is 72.1. The van der Waals surface area contributed by atoms with Crippen LogP contribution in [0.4, 0.5) is 18.9 Å². The number of methoxy groups -OCH3 is 1. The predicted molar refractivity (Wildman–Crippen MR) is 454 cm³/mol. The molecule has 1 heterocycles. The highest BCUT2D eigenvalue weighted by Gasteiger charge is 2.23. The molecule has 0 aliphatic heterocycles. The number of H-pyrrole nitrogens is 1. The molecule has 0 fully saturated rings. The lowest BCUT2D eigenvalue weighted by Gasteiger charge is -2.16. The number of carboxylic acid groups (broad SMARTS) is 6. The minimum Gasteiger partial charge on any atom is -0.544 e. The fourth-order valence-electron chi connectivity index (χ4n) is 12.9. The van der Waals surface area contributed by atoms with Crippen LogP contribution in [0.3, 0.4) is 0 Å². The van der Waals surface area contributed by atoms with Gasteiger partial charge in [-0.1, -0.05) is 195 Å². The molecular formula is C97H117F3N10O16. The number of ether oxygens (including phenoxy) is 1. The predicted octanol–water partition coefficient (Wildman–Crippen LogP) is -1.46. The molecule has 7 atom stereocenters. The number of nitrogens with one attached hydrogen (secondary N) is 2. The topological polar surface area (TPSA) is 534 Å². The third kappa shape index (κ3) is 39.2. The summed E-state index contributed by atoms with van der Waals surface area (Å²) in [6.07, 6.45) is 13.4. The number of esters is 1. The second-order valence-corrected chi connectivity index (χ2v) is 31.0. The largest absolute Gasteiger partial charge is 0.544 e. The number of ketones is 1. The van der Waals surface area contributed by atoms with Crippen LogP contribution in [0, 0.1) is 31.3 Å². The normalized spacial score (nSPS) is 12.3. The van der Waals surface area contributed by atoms with Crippen LogP contribution in [0.15, 0.2) is 213 Å². The molecule has 672 valence electrons. The van der Waals surface area contributed by atoms with Crippen LogP contribution in [-0.2, 0) is 151 Å². The maximum Gasteiger partial charge on any atom is 0.328 e. The maximum absolute atomic E-state index is 14.1. The number of quaternary nitrogens is 6. The Balaban J connectivity index is 0.000000271. The van der Waals surface area contributed by atoms with Crippen molar-refractivity contribution in [3.05, 3.63) is 330 Å². The number of Topliss-reactive ketones (excluding diaryl/α,β-unsaturated/α-hetero) is 1. The summed E-state index contributed by atoms with van der Waals surface area (Å²) in [5.74, 6) is -9.27. The third-order valence-corrected chi connectivity index (χ3v) is 20.4. The fourth-order valence-corrected chi connectivity index (χ4v) is 12.9. The number of nitrogen functional groups attached to an aromatic ring is 1. The van der Waals surface area contributed by atoms with E-state index in [1.54, 1.807) is 25.4 Å². The van der Waals surface area contributed by atoms with Gasteiger partial charge in [-0.15, -0.1) is 0 Å². The number of imidazole rings is 1. The average molecular weight is 1740 g/mol. The summed E-state index contributed by atoms with van der Waals surface area (Å²) in [7, 11) is 1.30. The number of aromatic amines is 1. The monoisotopic (exact) mass is 1730 g/mol. The van der Waals surface area contributed by atoms with Crippen LogP contribution in [0.25, 0.3) is 0 Å². The molecule has 0 saturated heterocycles. The molecule has 126 heavy (non-hydrogen) atoms. The van der Waals surface area contributed by atoms with Crippen molar-refractivity contribution in [2.75, 3.05) is 12.8 Å². The molecule has 0 radical (unpaired) electrons. The van der Waals surface area contributed by atoms with Gasteiger partial charge in [-0.25, -0.2) is 22.9 Å². The van der Waals surface area contributed by atoms with E-state index in [1.165, 1.54) is 36.4 Å². The van der Waals surface area contributed by atoms with Gasteiger partial charge in [-0.3, -0.25) is 4.79 Å². The summed E-state index contributed by atoms with van der Waals surface area (Å²) >= 11 is 0. The van der Waals surface area contributed by atoms with Gasteiger partial charge in [-0.05, 0) is 186 Å². The van der Waals surface area contributed by atoms with E-state index in [0.717, 1.165) is 111 Å². The molecule has 0 aliphatic rings. The van der Waals surface area contributed by atoms with Gasteiger partial charge in [0.2, 0.25) is 5.91 Å². The highest BCUT2D eigenvalue weighted by atomic mass is 19.1. The van der Waals surface area contributed by atoms with Crippen LogP contribution >= 0.6 is 0 Å². The second kappa shape index (κ2) is 54.6. The summed E-state index contributed by atoms with van der Waals surface area (Å²) in [6, 6.07) is 55.4. The Hall–Kier alpha value is -13.0. The van der Waals surface area contributed by atoms with Crippen molar-refractivity contribution in [2.45, 2.75) is 192 Å². The Morgan fingerprint density at radius 1 is 0.405 bits per heavy atom. The Morgan fingerprint density at radius 2 is 0.770 bits per heavy atom. The number of aliphatic carboxylic acids is 6. The van der Waals surface area contributed by atoms with Gasteiger partial charge in [0.15, 0.2) is 0 Å². The number of hydrogen-bond acceptors (Lipinski definition) is 18. The van der Waals surface area contributed by atoms with Crippen LogP contribution in [0.1, 0.15) is 133 Å². The van der Waals surface area contributed by atoms with Gasteiger partial charge in [0.05, 0.1) is 49.3 Å². The van der Waals surface area contributed by atoms with E-state index in [4.69, 9.17) is 10.5 Å². The average Bonchev–Trinajstić information content (AvgIpc) is 0.837. The van der Waals surface area contributed by atoms with Gasteiger partial charge in [0.25, 0.3) is 0 Å². The highest BCUT2D eigenvalue weighted by Crippen LogP contribution is 2.22. The molecule has 22 N–H and O–H groups in total. The summed E-state index contributed by atoms with van der Waals surface area (Å²) in [5, 5.41) is 66.6. The second-order valence-electron chi connectivity index (χ2n) is 31.0. The molecule has 26 nitrogen and oxygen atoms in total. The first-order valence-electron chi connectivity index (χ1n) is 41.5. The standard InChI is InChI=1S/C22H26N2O5.C18H19F2NO2.C17H18FNO2.C15H19N3O2.C13H17NO3.C12H18N2O2/c1-29-22(28)19(14-16-5-3-2-4-6-16)24-20(25)12-11-15-7-9-17(10-8-15)13-18(23)21(26)27;1-11-2-4-12(5-3-11)6-7-14-15(19)8-13(9-16(14)20)10-17(21)18(22)23;18-15-10-13(11-16(19)17(20)21)7-9-14(15)8-6-12-4-2-1-3-5-12;1-10-6-11(7-14(16)15(19)20)2-3-12(10)4-5-13-8-17-9-18-13;1-9(15)2-3-10-4-6-11(7-5-10)8-12(14)13(16)17;1-2-3-9-5-4-8(6-10(9)13)7-11(14)12(15)16/h2-10,18-19H,11-14,23H2,1H3,(H,24,25)(H,26,27);2-5,8-9,17H,6-7,10,21H2,1H3,(H,22,23);1-5,7,9-10,16H,6,8,11,19H2,(H,20,21);2-3,6,8-9,14H,4-5,7,16H2,1H3,(H,17,18)(H,19,20);4-7,12H,2-3,8,14H2,1H3,(H,16,17);4-6,11H,2-3,7,13-14H2,1H3,(H,15,16)/t18-,19?;17-;16-;14-;12-;11-/m000000/s1. The first-order chi connectivity index (χ1) is 59.9. The zero-order valence-electron chi connectivity index (χ0n) is 72.1. The van der Waals surface area contributed by atoms with Crippen molar-refractivity contribution in [2.24, 2.45) is 0 Å². The molecule has 1 aromatic heterocycles. The number of nitrogens with two attached hydrogens (primary N) is 1. The molecule has 0 saturated carbocycles. The molecule has 1 unspecified atom stereocenters.